The molecular weight excluding hydrogens is 358 g/mol. The van der Waals surface area contributed by atoms with Crippen molar-refractivity contribution in [2.24, 2.45) is 5.92 Å². The summed E-state index contributed by atoms with van der Waals surface area (Å²) in [6, 6.07) is 2.85. The first kappa shape index (κ1) is 19.8. The van der Waals surface area contributed by atoms with Crippen molar-refractivity contribution in [1.29, 1.82) is 0 Å². The molecule has 3 rings (SSSR count). The molecule has 1 fully saturated rings. The van der Waals surface area contributed by atoms with Crippen LogP contribution in [0, 0.1) is 12.8 Å². The maximum absolute atomic E-state index is 13.1. The Bertz CT molecular complexity index is 806. The Hall–Kier alpha value is -2.97. The molecule has 28 heavy (non-hydrogen) atoms. The van der Waals surface area contributed by atoms with E-state index in [0.717, 1.165) is 0 Å². The maximum atomic E-state index is 13.1. The van der Waals surface area contributed by atoms with Crippen molar-refractivity contribution < 1.29 is 9.59 Å². The van der Waals surface area contributed by atoms with E-state index in [1.165, 1.54) is 0 Å². The number of pyridine rings is 1. The second-order valence-corrected chi connectivity index (χ2v) is 7.41. The number of urea groups is 1. The lowest BCUT2D eigenvalue weighted by atomic mass is 10.1. The van der Waals surface area contributed by atoms with Gasteiger partial charge in [0.05, 0.1) is 6.54 Å². The molecule has 9 heteroatoms. The third kappa shape index (κ3) is 4.65. The minimum atomic E-state index is -0.419. The summed E-state index contributed by atoms with van der Waals surface area (Å²) in [5.41, 5.74) is 0.560. The van der Waals surface area contributed by atoms with Crippen LogP contribution in [0.4, 0.5) is 4.79 Å². The quantitative estimate of drug-likeness (QED) is 0.834. The van der Waals surface area contributed by atoms with E-state index < -0.39 is 6.04 Å². The highest BCUT2D eigenvalue weighted by Gasteiger charge is 2.34. The van der Waals surface area contributed by atoms with Crippen LogP contribution in [-0.4, -0.2) is 68.1 Å². The van der Waals surface area contributed by atoms with Crippen molar-refractivity contribution >= 4 is 11.9 Å². The third-order valence-corrected chi connectivity index (χ3v) is 4.65. The van der Waals surface area contributed by atoms with Gasteiger partial charge in [-0.2, -0.15) is 5.10 Å². The Balaban J connectivity index is 1.85. The molecule has 0 spiro atoms. The molecule has 1 aliphatic heterocycles. The van der Waals surface area contributed by atoms with Crippen LogP contribution in [0.15, 0.2) is 24.5 Å². The van der Waals surface area contributed by atoms with Crippen LogP contribution in [0.5, 0.6) is 0 Å². The van der Waals surface area contributed by atoms with Gasteiger partial charge < -0.3 is 15.1 Å². The van der Waals surface area contributed by atoms with Crippen molar-refractivity contribution in [1.82, 2.24) is 35.3 Å². The number of amides is 3. The van der Waals surface area contributed by atoms with Crippen molar-refractivity contribution in [3.8, 4) is 0 Å². The van der Waals surface area contributed by atoms with E-state index in [9.17, 15) is 9.59 Å². The van der Waals surface area contributed by atoms with Crippen molar-refractivity contribution in [2.45, 2.75) is 33.2 Å². The summed E-state index contributed by atoms with van der Waals surface area (Å²) in [7, 11) is 0. The largest absolute Gasteiger partial charge is 0.338 e. The maximum Gasteiger partial charge on any atom is 0.317 e. The lowest BCUT2D eigenvalue weighted by Crippen LogP contribution is -2.45. The van der Waals surface area contributed by atoms with Crippen LogP contribution in [0.1, 0.15) is 48.3 Å². The van der Waals surface area contributed by atoms with Gasteiger partial charge in [-0.3, -0.25) is 14.9 Å². The number of hydrogen-bond donors (Lipinski definition) is 2. The van der Waals surface area contributed by atoms with Gasteiger partial charge in [-0.15, -0.1) is 0 Å². The molecule has 0 saturated carbocycles. The van der Waals surface area contributed by atoms with Crippen LogP contribution < -0.4 is 5.32 Å². The molecule has 0 aliphatic carbocycles. The molecule has 3 heterocycles. The highest BCUT2D eigenvalue weighted by atomic mass is 16.2. The molecule has 2 aromatic heterocycles. The summed E-state index contributed by atoms with van der Waals surface area (Å²) in [5, 5.41) is 10.1. The predicted molar refractivity (Wildman–Crippen MR) is 104 cm³/mol. The molecule has 2 N–H and O–H groups in total. The molecule has 1 unspecified atom stereocenters. The molecule has 1 aliphatic rings. The van der Waals surface area contributed by atoms with E-state index in [4.69, 9.17) is 0 Å². The number of hydrogen-bond acceptors (Lipinski definition) is 5. The van der Waals surface area contributed by atoms with E-state index in [-0.39, 0.29) is 11.9 Å². The Labute approximate surface area is 164 Å². The van der Waals surface area contributed by atoms with Crippen LogP contribution >= 0.6 is 0 Å². The fourth-order valence-corrected chi connectivity index (χ4v) is 3.21. The Kier molecular flexibility index (Phi) is 6.23. The van der Waals surface area contributed by atoms with Crippen LogP contribution in [0.25, 0.3) is 0 Å². The predicted octanol–water partition coefficient (Wildman–Crippen LogP) is 1.76. The Morgan fingerprint density at radius 2 is 2.04 bits per heavy atom. The monoisotopic (exact) mass is 385 g/mol. The molecule has 1 atom stereocenters. The summed E-state index contributed by atoms with van der Waals surface area (Å²) in [4.78, 5) is 37.7. The second-order valence-electron chi connectivity index (χ2n) is 7.41. The SMILES string of the molecule is Cc1nc(C2CN(C(=O)NCC(C)C)CCCN2C(=O)c2ccncc2)n[nH]1. The molecule has 3 amide bonds. The van der Waals surface area contributed by atoms with Crippen LogP contribution in [0.2, 0.25) is 0 Å². The summed E-state index contributed by atoms with van der Waals surface area (Å²) in [6.45, 7) is 7.97. The zero-order valence-electron chi connectivity index (χ0n) is 16.6. The van der Waals surface area contributed by atoms with E-state index in [2.05, 4.69) is 39.3 Å². The van der Waals surface area contributed by atoms with Crippen molar-refractivity contribution in [3.63, 3.8) is 0 Å². The van der Waals surface area contributed by atoms with Gasteiger partial charge in [0.1, 0.15) is 11.9 Å². The second kappa shape index (κ2) is 8.81. The van der Waals surface area contributed by atoms with E-state index in [1.807, 2.05) is 6.92 Å². The lowest BCUT2D eigenvalue weighted by molar-refractivity contribution is 0.0669. The fourth-order valence-electron chi connectivity index (χ4n) is 3.21. The van der Waals surface area contributed by atoms with Gasteiger partial charge >= 0.3 is 6.03 Å². The first-order valence-corrected chi connectivity index (χ1v) is 9.58. The first-order valence-electron chi connectivity index (χ1n) is 9.58. The third-order valence-electron chi connectivity index (χ3n) is 4.65. The molecule has 2 aromatic rings. The fraction of sp³-hybridized carbons (Fsp3) is 0.526. The van der Waals surface area contributed by atoms with Gasteiger partial charge in [-0.05, 0) is 31.4 Å². The molecule has 0 bridgehead atoms. The number of aromatic nitrogens is 4. The highest BCUT2D eigenvalue weighted by molar-refractivity contribution is 5.94. The summed E-state index contributed by atoms with van der Waals surface area (Å²) in [6.07, 6.45) is 3.89. The number of carbonyl (C=O) groups is 2. The van der Waals surface area contributed by atoms with Gasteiger partial charge in [-0.25, -0.2) is 9.78 Å². The Morgan fingerprint density at radius 1 is 1.29 bits per heavy atom. The normalized spacial score (nSPS) is 17.5. The van der Waals surface area contributed by atoms with Gasteiger partial charge in [0.2, 0.25) is 0 Å². The topological polar surface area (TPSA) is 107 Å². The minimum Gasteiger partial charge on any atom is -0.338 e. The number of aryl methyl sites for hydroxylation is 1. The number of nitrogens with one attached hydrogen (secondary N) is 2. The zero-order chi connectivity index (χ0) is 20.1. The smallest absolute Gasteiger partial charge is 0.317 e. The van der Waals surface area contributed by atoms with Gasteiger partial charge in [0.15, 0.2) is 5.82 Å². The average molecular weight is 385 g/mol. The molecule has 150 valence electrons. The van der Waals surface area contributed by atoms with Crippen molar-refractivity contribution in [3.05, 3.63) is 41.7 Å². The minimum absolute atomic E-state index is 0.112. The van der Waals surface area contributed by atoms with Gasteiger partial charge in [0, 0.05) is 37.6 Å². The molecule has 1 saturated heterocycles. The first-order chi connectivity index (χ1) is 13.5. The zero-order valence-corrected chi connectivity index (χ0v) is 16.6. The van der Waals surface area contributed by atoms with Crippen LogP contribution in [0.3, 0.4) is 0 Å². The number of H-pyrrole nitrogens is 1. The van der Waals surface area contributed by atoms with Gasteiger partial charge in [0.25, 0.3) is 5.91 Å². The lowest BCUT2D eigenvalue weighted by Gasteiger charge is -2.30. The number of aromatic amines is 1. The number of carbonyl (C=O) groups excluding carboxylic acids is 2. The average Bonchev–Trinajstić information content (AvgIpc) is 3.00. The number of nitrogens with zero attached hydrogens (tertiary/aromatic N) is 5. The number of rotatable bonds is 4. The molecule has 9 nitrogen and oxygen atoms in total. The van der Waals surface area contributed by atoms with Crippen LogP contribution in [-0.2, 0) is 0 Å². The van der Waals surface area contributed by atoms with E-state index in [1.54, 1.807) is 34.3 Å². The standard InChI is InChI=1S/C19H27N7O2/c1-13(2)11-21-19(28)25-9-4-10-26(18(27)15-5-7-20-8-6-15)16(12-25)17-22-14(3)23-24-17/h5-8,13,16H,4,9-12H2,1-3H3,(H,21,28)(H,22,23,24). The molecule has 0 aromatic carbocycles. The van der Waals surface area contributed by atoms with Gasteiger partial charge in [-0.1, -0.05) is 13.8 Å². The summed E-state index contributed by atoms with van der Waals surface area (Å²) < 4.78 is 0. The van der Waals surface area contributed by atoms with Crippen molar-refractivity contribution in [2.75, 3.05) is 26.2 Å². The summed E-state index contributed by atoms with van der Waals surface area (Å²) in [5.74, 6) is 1.45. The molecule has 0 radical (unpaired) electrons. The van der Waals surface area contributed by atoms with E-state index >= 15 is 0 Å². The Morgan fingerprint density at radius 3 is 2.68 bits per heavy atom. The molecular formula is C19H27N7O2. The van der Waals surface area contributed by atoms with E-state index in [0.29, 0.717) is 55.7 Å². The highest BCUT2D eigenvalue weighted by Crippen LogP contribution is 2.25. The summed E-state index contributed by atoms with van der Waals surface area (Å²) >= 11 is 0.